The number of ether oxygens (including phenoxy) is 1. The predicted octanol–water partition coefficient (Wildman–Crippen LogP) is 3.60. The zero-order valence-electron chi connectivity index (χ0n) is 13.4. The van der Waals surface area contributed by atoms with Gasteiger partial charge in [-0.3, -0.25) is 9.78 Å². The van der Waals surface area contributed by atoms with Gasteiger partial charge in [-0.15, -0.1) is 0 Å². The molecule has 7 heteroatoms. The summed E-state index contributed by atoms with van der Waals surface area (Å²) in [5.74, 6) is -0.874. The number of nitrogens with one attached hydrogen (secondary N) is 2. The second-order valence-electron chi connectivity index (χ2n) is 5.03. The summed E-state index contributed by atoms with van der Waals surface area (Å²) in [6.45, 7) is 2.84. The zero-order valence-corrected chi connectivity index (χ0v) is 14.2. The summed E-state index contributed by atoms with van der Waals surface area (Å²) < 4.78 is 4.66. The molecule has 0 bridgehead atoms. The highest BCUT2D eigenvalue weighted by atomic mass is 35.5. The minimum absolute atomic E-state index is 0.300. The molecule has 0 atom stereocenters. The van der Waals surface area contributed by atoms with E-state index in [0.717, 1.165) is 18.7 Å². The predicted molar refractivity (Wildman–Crippen MR) is 93.8 cm³/mol. The standard InChI is InChI=1S/C17H18ClN3O3/c1-3-6-20-13-7-12(9-19-10-13)16(22)21-15-8-11(17(23)24-2)4-5-14(15)18/h4-5,7-10,20H,3,6H2,1-2H3,(H,21,22). The van der Waals surface area contributed by atoms with Crippen molar-refractivity contribution in [1.29, 1.82) is 0 Å². The van der Waals surface area contributed by atoms with Crippen LogP contribution in [-0.2, 0) is 4.74 Å². The van der Waals surface area contributed by atoms with Crippen LogP contribution in [0.4, 0.5) is 11.4 Å². The van der Waals surface area contributed by atoms with Crippen molar-refractivity contribution in [2.75, 3.05) is 24.3 Å². The molecule has 0 unspecified atom stereocenters. The molecule has 2 rings (SSSR count). The van der Waals surface area contributed by atoms with Crippen molar-refractivity contribution < 1.29 is 14.3 Å². The molecule has 0 aliphatic carbocycles. The van der Waals surface area contributed by atoms with Gasteiger partial charge in [0.15, 0.2) is 0 Å². The second-order valence-corrected chi connectivity index (χ2v) is 5.44. The number of carbonyl (C=O) groups is 2. The molecule has 0 fully saturated rings. The van der Waals surface area contributed by atoms with Gasteiger partial charge in [-0.2, -0.15) is 0 Å². The van der Waals surface area contributed by atoms with E-state index < -0.39 is 5.97 Å². The summed E-state index contributed by atoms with van der Waals surface area (Å²) in [5, 5.41) is 6.17. The molecule has 0 radical (unpaired) electrons. The Labute approximate surface area is 145 Å². The Morgan fingerprint density at radius 3 is 2.71 bits per heavy atom. The molecule has 6 nitrogen and oxygen atoms in total. The van der Waals surface area contributed by atoms with Crippen LogP contribution in [0.15, 0.2) is 36.7 Å². The van der Waals surface area contributed by atoms with E-state index in [9.17, 15) is 9.59 Å². The molecule has 1 aromatic heterocycles. The molecule has 0 spiro atoms. The maximum absolute atomic E-state index is 12.4. The summed E-state index contributed by atoms with van der Waals surface area (Å²) in [7, 11) is 1.29. The average molecular weight is 348 g/mol. The van der Waals surface area contributed by atoms with Crippen LogP contribution in [0.1, 0.15) is 34.1 Å². The second kappa shape index (κ2) is 8.31. The highest BCUT2D eigenvalue weighted by molar-refractivity contribution is 6.34. The monoisotopic (exact) mass is 347 g/mol. The average Bonchev–Trinajstić information content (AvgIpc) is 2.61. The summed E-state index contributed by atoms with van der Waals surface area (Å²) in [6.07, 6.45) is 4.08. The smallest absolute Gasteiger partial charge is 0.337 e. The van der Waals surface area contributed by atoms with Crippen LogP contribution in [0.3, 0.4) is 0 Å². The van der Waals surface area contributed by atoms with Crippen LogP contribution in [0.2, 0.25) is 5.02 Å². The van der Waals surface area contributed by atoms with Gasteiger partial charge < -0.3 is 15.4 Å². The van der Waals surface area contributed by atoms with Crippen LogP contribution >= 0.6 is 11.6 Å². The number of amides is 1. The third kappa shape index (κ3) is 4.45. The van der Waals surface area contributed by atoms with Gasteiger partial charge in [0.05, 0.1) is 34.6 Å². The molecule has 2 N–H and O–H groups in total. The molecule has 1 amide bonds. The van der Waals surface area contributed by atoms with Gasteiger partial charge in [0.25, 0.3) is 5.91 Å². The zero-order chi connectivity index (χ0) is 17.5. The van der Waals surface area contributed by atoms with Gasteiger partial charge in [0.2, 0.25) is 0 Å². The number of carbonyl (C=O) groups excluding carboxylic acids is 2. The number of benzene rings is 1. The third-order valence-corrected chi connectivity index (χ3v) is 3.54. The van der Waals surface area contributed by atoms with Crippen molar-refractivity contribution in [2.45, 2.75) is 13.3 Å². The van der Waals surface area contributed by atoms with E-state index in [1.807, 2.05) is 6.92 Å². The van der Waals surface area contributed by atoms with Crippen molar-refractivity contribution in [3.8, 4) is 0 Å². The van der Waals surface area contributed by atoms with E-state index >= 15 is 0 Å². The third-order valence-electron chi connectivity index (χ3n) is 3.22. The maximum atomic E-state index is 12.4. The maximum Gasteiger partial charge on any atom is 0.337 e. The number of pyridine rings is 1. The van der Waals surface area contributed by atoms with E-state index in [1.54, 1.807) is 12.3 Å². The fraction of sp³-hybridized carbons (Fsp3) is 0.235. The number of nitrogens with zero attached hydrogens (tertiary/aromatic N) is 1. The largest absolute Gasteiger partial charge is 0.465 e. The minimum Gasteiger partial charge on any atom is -0.465 e. The number of hydrogen-bond acceptors (Lipinski definition) is 5. The molecule has 24 heavy (non-hydrogen) atoms. The highest BCUT2D eigenvalue weighted by Crippen LogP contribution is 2.24. The lowest BCUT2D eigenvalue weighted by atomic mass is 10.2. The van der Waals surface area contributed by atoms with Crippen molar-refractivity contribution >= 4 is 34.9 Å². The van der Waals surface area contributed by atoms with Gasteiger partial charge in [-0.25, -0.2) is 4.79 Å². The Bertz CT molecular complexity index is 750. The van der Waals surface area contributed by atoms with Crippen molar-refractivity contribution in [1.82, 2.24) is 4.98 Å². The van der Waals surface area contributed by atoms with Gasteiger partial charge in [-0.1, -0.05) is 18.5 Å². The summed E-state index contributed by atoms with van der Waals surface area (Å²) >= 11 is 6.08. The number of halogens is 1. The Morgan fingerprint density at radius 1 is 1.21 bits per heavy atom. The Morgan fingerprint density at radius 2 is 2.00 bits per heavy atom. The number of esters is 1. The minimum atomic E-state index is -0.505. The van der Waals surface area contributed by atoms with Crippen molar-refractivity contribution in [3.63, 3.8) is 0 Å². The Kier molecular flexibility index (Phi) is 6.14. The quantitative estimate of drug-likeness (QED) is 0.780. The van der Waals surface area contributed by atoms with Crippen LogP contribution in [0, 0.1) is 0 Å². The summed E-state index contributed by atoms with van der Waals surface area (Å²) in [5.41, 5.74) is 1.78. The van der Waals surface area contributed by atoms with Crippen LogP contribution < -0.4 is 10.6 Å². The number of hydrogen-bond donors (Lipinski definition) is 2. The Hall–Kier alpha value is -2.60. The van der Waals surface area contributed by atoms with E-state index in [4.69, 9.17) is 11.6 Å². The first-order chi connectivity index (χ1) is 11.5. The number of aromatic nitrogens is 1. The van der Waals surface area contributed by atoms with E-state index in [1.165, 1.54) is 31.5 Å². The molecular formula is C17H18ClN3O3. The molecular weight excluding hydrogens is 330 g/mol. The van der Waals surface area contributed by atoms with Gasteiger partial charge in [0.1, 0.15) is 0 Å². The normalized spacial score (nSPS) is 10.1. The molecule has 0 aliphatic rings. The van der Waals surface area contributed by atoms with Crippen LogP contribution in [0.25, 0.3) is 0 Å². The number of rotatable bonds is 6. The molecule has 2 aromatic rings. The molecule has 0 aliphatic heterocycles. The fourth-order valence-corrected chi connectivity index (χ4v) is 2.16. The van der Waals surface area contributed by atoms with E-state index in [0.29, 0.717) is 21.8 Å². The lowest BCUT2D eigenvalue weighted by Gasteiger charge is -2.10. The Balaban J connectivity index is 2.19. The molecule has 126 valence electrons. The topological polar surface area (TPSA) is 80.3 Å². The molecule has 1 aromatic carbocycles. The van der Waals surface area contributed by atoms with E-state index in [-0.39, 0.29) is 5.91 Å². The lowest BCUT2D eigenvalue weighted by molar-refractivity contribution is 0.0600. The number of methoxy groups -OCH3 is 1. The molecule has 0 saturated heterocycles. The van der Waals surface area contributed by atoms with Crippen LogP contribution in [0.5, 0.6) is 0 Å². The molecule has 0 saturated carbocycles. The number of anilines is 2. The van der Waals surface area contributed by atoms with Crippen LogP contribution in [-0.4, -0.2) is 30.5 Å². The van der Waals surface area contributed by atoms with Gasteiger partial charge in [-0.05, 0) is 30.7 Å². The highest BCUT2D eigenvalue weighted by Gasteiger charge is 2.13. The first-order valence-electron chi connectivity index (χ1n) is 7.43. The fourth-order valence-electron chi connectivity index (χ4n) is 1.99. The van der Waals surface area contributed by atoms with Crippen molar-refractivity contribution in [3.05, 3.63) is 52.8 Å². The SMILES string of the molecule is CCCNc1cncc(C(=O)Nc2cc(C(=O)OC)ccc2Cl)c1. The summed E-state index contributed by atoms with van der Waals surface area (Å²) in [6, 6.07) is 6.23. The molecule has 1 heterocycles. The van der Waals surface area contributed by atoms with Gasteiger partial charge >= 0.3 is 5.97 Å². The summed E-state index contributed by atoms with van der Waals surface area (Å²) in [4.78, 5) is 28.0. The van der Waals surface area contributed by atoms with E-state index in [2.05, 4.69) is 20.4 Å². The first-order valence-corrected chi connectivity index (χ1v) is 7.81. The van der Waals surface area contributed by atoms with Gasteiger partial charge in [0, 0.05) is 18.9 Å². The lowest BCUT2D eigenvalue weighted by Crippen LogP contribution is -2.14. The van der Waals surface area contributed by atoms with Crippen molar-refractivity contribution in [2.24, 2.45) is 0 Å². The first kappa shape index (κ1) is 17.7.